The van der Waals surface area contributed by atoms with Crippen molar-refractivity contribution in [1.82, 2.24) is 0 Å². The summed E-state index contributed by atoms with van der Waals surface area (Å²) in [6.07, 6.45) is 4.46. The van der Waals surface area contributed by atoms with Gasteiger partial charge < -0.3 is 11.2 Å². The van der Waals surface area contributed by atoms with E-state index >= 15 is 0 Å². The smallest absolute Gasteiger partial charge is 0.0353 e. The van der Waals surface area contributed by atoms with Gasteiger partial charge in [0.25, 0.3) is 0 Å². The summed E-state index contributed by atoms with van der Waals surface area (Å²) in [6, 6.07) is 0. The first-order valence-electron chi connectivity index (χ1n) is 2.72. The molecule has 1 nitrogen and oxygen atoms in total. The number of ether oxygens (including phenoxy) is 1. The van der Waals surface area contributed by atoms with E-state index in [-0.39, 0.29) is 0 Å². The van der Waals surface area contributed by atoms with Gasteiger partial charge in [0.15, 0.2) is 0 Å². The molecule has 0 amide bonds. The fourth-order valence-electron chi connectivity index (χ4n) is 0.405. The first kappa shape index (κ1) is 6.96. The largest absolute Gasteiger partial charge is 0.387 e. The number of rotatable bonds is 4. The highest BCUT2D eigenvalue weighted by atomic mass is 16.5. The summed E-state index contributed by atoms with van der Waals surface area (Å²) in [5, 5.41) is 0. The van der Waals surface area contributed by atoms with Crippen molar-refractivity contribution in [3.05, 3.63) is 6.42 Å². The maximum absolute atomic E-state index is 4.81. The van der Waals surface area contributed by atoms with Crippen LogP contribution in [0.3, 0.4) is 0 Å². The lowest BCUT2D eigenvalue weighted by Gasteiger charge is -2.03. The van der Waals surface area contributed by atoms with Gasteiger partial charge in [-0.1, -0.05) is 6.92 Å². The second-order valence-corrected chi connectivity index (χ2v) is 1.48. The van der Waals surface area contributed by atoms with Crippen LogP contribution in [-0.2, 0) is 4.74 Å². The number of methoxy groups -OCH3 is 1. The molecule has 7 heavy (non-hydrogen) atoms. The standard InChI is InChI=1S/C6H13O/c1-3-4-5-6-7-2/h4H,3,5-6H2,1-2H3/q-1. The van der Waals surface area contributed by atoms with Crippen LogP contribution < -0.4 is 0 Å². The molecule has 0 aliphatic carbocycles. The Morgan fingerprint density at radius 3 is 2.71 bits per heavy atom. The second-order valence-electron chi connectivity index (χ2n) is 1.48. The van der Waals surface area contributed by atoms with Crippen molar-refractivity contribution < 1.29 is 4.74 Å². The highest BCUT2D eigenvalue weighted by Gasteiger charge is 1.68. The van der Waals surface area contributed by atoms with E-state index in [1.54, 1.807) is 7.11 Å². The molecule has 0 aliphatic rings. The predicted molar refractivity (Wildman–Crippen MR) is 31.1 cm³/mol. The Labute approximate surface area is 45.7 Å². The summed E-state index contributed by atoms with van der Waals surface area (Å²) in [5.74, 6) is 0. The highest BCUT2D eigenvalue weighted by molar-refractivity contribution is 4.58. The van der Waals surface area contributed by atoms with Crippen LogP contribution in [0.25, 0.3) is 0 Å². The van der Waals surface area contributed by atoms with Crippen LogP contribution in [0, 0.1) is 6.42 Å². The zero-order valence-corrected chi connectivity index (χ0v) is 5.11. The lowest BCUT2D eigenvalue weighted by atomic mass is 10.3. The lowest BCUT2D eigenvalue weighted by molar-refractivity contribution is 0.201. The first-order chi connectivity index (χ1) is 3.41. The van der Waals surface area contributed by atoms with Crippen molar-refractivity contribution in [2.75, 3.05) is 13.7 Å². The molecule has 1 heteroatoms. The first-order valence-corrected chi connectivity index (χ1v) is 2.72. The molecule has 0 radical (unpaired) electrons. The summed E-state index contributed by atoms with van der Waals surface area (Å²) in [5.41, 5.74) is 0. The van der Waals surface area contributed by atoms with E-state index < -0.39 is 0 Å². The molecule has 0 spiro atoms. The van der Waals surface area contributed by atoms with E-state index in [1.165, 1.54) is 0 Å². The average molecular weight is 101 g/mol. The third-order valence-electron chi connectivity index (χ3n) is 0.815. The van der Waals surface area contributed by atoms with Crippen LogP contribution in [0.1, 0.15) is 19.8 Å². The Morgan fingerprint density at radius 2 is 2.29 bits per heavy atom. The van der Waals surface area contributed by atoms with Crippen LogP contribution in [0.2, 0.25) is 0 Å². The monoisotopic (exact) mass is 101 g/mol. The van der Waals surface area contributed by atoms with Crippen molar-refractivity contribution in [2.24, 2.45) is 0 Å². The van der Waals surface area contributed by atoms with Gasteiger partial charge in [-0.15, -0.1) is 0 Å². The Hall–Kier alpha value is -0.0400. The molecule has 44 valence electrons. The third kappa shape index (κ3) is 5.96. The van der Waals surface area contributed by atoms with Crippen LogP contribution in [0.5, 0.6) is 0 Å². The van der Waals surface area contributed by atoms with Gasteiger partial charge in [-0.3, -0.25) is 0 Å². The van der Waals surface area contributed by atoms with Crippen LogP contribution in [-0.4, -0.2) is 13.7 Å². The van der Waals surface area contributed by atoms with E-state index in [1.807, 2.05) is 0 Å². The van der Waals surface area contributed by atoms with E-state index in [0.29, 0.717) is 0 Å². The summed E-state index contributed by atoms with van der Waals surface area (Å²) in [7, 11) is 1.73. The quantitative estimate of drug-likeness (QED) is 0.386. The minimum Gasteiger partial charge on any atom is -0.387 e. The zero-order valence-electron chi connectivity index (χ0n) is 5.11. The number of hydrogen-bond acceptors (Lipinski definition) is 1. The van der Waals surface area contributed by atoms with Gasteiger partial charge in [-0.25, -0.2) is 0 Å². The molecule has 0 aromatic rings. The lowest BCUT2D eigenvalue weighted by Crippen LogP contribution is -1.86. The minimum absolute atomic E-state index is 0.869. The molecule has 0 bridgehead atoms. The molecule has 0 fully saturated rings. The molecule has 0 atom stereocenters. The van der Waals surface area contributed by atoms with E-state index in [4.69, 9.17) is 4.74 Å². The highest BCUT2D eigenvalue weighted by Crippen LogP contribution is 1.89. The fourth-order valence-corrected chi connectivity index (χ4v) is 0.405. The van der Waals surface area contributed by atoms with Gasteiger partial charge in [0.2, 0.25) is 0 Å². The Balaban J connectivity index is 2.45. The van der Waals surface area contributed by atoms with Gasteiger partial charge in [-0.2, -0.15) is 12.8 Å². The molecular weight excluding hydrogens is 88.1 g/mol. The maximum atomic E-state index is 4.81. The SMILES string of the molecule is CC[CH-]CCOC. The summed E-state index contributed by atoms with van der Waals surface area (Å²) >= 11 is 0. The molecule has 0 unspecified atom stereocenters. The van der Waals surface area contributed by atoms with E-state index in [9.17, 15) is 0 Å². The molecule has 0 N–H and O–H groups in total. The van der Waals surface area contributed by atoms with Gasteiger partial charge in [-0.05, 0) is 0 Å². The van der Waals surface area contributed by atoms with Crippen LogP contribution >= 0.6 is 0 Å². The Kier molecular flexibility index (Phi) is 5.93. The molecular formula is C6H13O-. The van der Waals surface area contributed by atoms with Crippen molar-refractivity contribution in [1.29, 1.82) is 0 Å². The third-order valence-corrected chi connectivity index (χ3v) is 0.815. The topological polar surface area (TPSA) is 9.23 Å². The normalized spacial score (nSPS) is 9.43. The van der Waals surface area contributed by atoms with Gasteiger partial charge in [0.05, 0.1) is 0 Å². The van der Waals surface area contributed by atoms with Gasteiger partial charge in [0, 0.05) is 13.7 Å². The second kappa shape index (κ2) is 5.96. The molecule has 0 heterocycles. The summed E-state index contributed by atoms with van der Waals surface area (Å²) < 4.78 is 4.81. The predicted octanol–water partition coefficient (Wildman–Crippen LogP) is 1.64. The zero-order chi connectivity index (χ0) is 5.54. The van der Waals surface area contributed by atoms with Crippen molar-refractivity contribution in [3.63, 3.8) is 0 Å². The fraction of sp³-hybridized carbons (Fsp3) is 0.833. The van der Waals surface area contributed by atoms with E-state index in [0.717, 1.165) is 19.4 Å². The Bertz CT molecular complexity index is 23.4. The summed E-state index contributed by atoms with van der Waals surface area (Å²) in [6.45, 7) is 3.00. The molecule has 0 rings (SSSR count). The van der Waals surface area contributed by atoms with Crippen molar-refractivity contribution in [3.8, 4) is 0 Å². The number of hydrogen-bond donors (Lipinski definition) is 0. The minimum atomic E-state index is 0.869. The van der Waals surface area contributed by atoms with Crippen LogP contribution in [0.4, 0.5) is 0 Å². The Morgan fingerprint density at radius 1 is 1.57 bits per heavy atom. The molecule has 0 saturated heterocycles. The molecule has 0 aromatic heterocycles. The summed E-state index contributed by atoms with van der Waals surface area (Å²) in [4.78, 5) is 0. The van der Waals surface area contributed by atoms with Crippen molar-refractivity contribution in [2.45, 2.75) is 19.8 Å². The molecule has 0 saturated carbocycles. The van der Waals surface area contributed by atoms with Crippen LogP contribution in [0.15, 0.2) is 0 Å². The van der Waals surface area contributed by atoms with Gasteiger partial charge >= 0.3 is 0 Å². The van der Waals surface area contributed by atoms with Crippen molar-refractivity contribution >= 4 is 0 Å². The molecule has 0 aliphatic heterocycles. The number of unbranched alkanes of at least 4 members (excludes halogenated alkanes) is 2. The van der Waals surface area contributed by atoms with E-state index in [2.05, 4.69) is 13.3 Å². The molecule has 0 aromatic carbocycles. The maximum Gasteiger partial charge on any atom is 0.0353 e. The average Bonchev–Trinajstić information content (AvgIpc) is 1.69. The van der Waals surface area contributed by atoms with Gasteiger partial charge in [0.1, 0.15) is 0 Å².